The summed E-state index contributed by atoms with van der Waals surface area (Å²) >= 11 is 0. The Morgan fingerprint density at radius 3 is 2.47 bits per heavy atom. The smallest absolute Gasteiger partial charge is 0.338 e. The Bertz CT molecular complexity index is 1000. The monoisotopic (exact) mass is 440 g/mol. The molecule has 1 fully saturated rings. The first-order chi connectivity index (χ1) is 15.4. The number of hydrogen-bond acceptors (Lipinski definition) is 7. The minimum atomic E-state index is -0.677. The molecule has 9 nitrogen and oxygen atoms in total. The molecule has 3 rings (SSSR count). The van der Waals surface area contributed by atoms with Gasteiger partial charge in [-0.15, -0.1) is 0 Å². The fourth-order valence-corrected chi connectivity index (χ4v) is 3.31. The molecule has 1 heterocycles. The highest BCUT2D eigenvalue weighted by atomic mass is 16.5. The van der Waals surface area contributed by atoms with Gasteiger partial charge in [0.25, 0.3) is 5.91 Å². The van der Waals surface area contributed by atoms with E-state index >= 15 is 0 Å². The zero-order valence-electron chi connectivity index (χ0n) is 17.8. The number of anilines is 2. The SMILES string of the molecule is CCOC(=O)c1ccc(NC(=O)COC(=O)[C@H]2CC(=O)N(c3ccccc3OC)C2)cc1. The van der Waals surface area contributed by atoms with E-state index in [1.165, 1.54) is 24.1 Å². The predicted molar refractivity (Wildman–Crippen MR) is 115 cm³/mol. The Morgan fingerprint density at radius 1 is 1.06 bits per heavy atom. The predicted octanol–water partition coefficient (Wildman–Crippen LogP) is 2.41. The molecule has 0 radical (unpaired) electrons. The molecule has 2 aromatic carbocycles. The van der Waals surface area contributed by atoms with E-state index in [0.717, 1.165) is 0 Å². The molecule has 9 heteroatoms. The summed E-state index contributed by atoms with van der Waals surface area (Å²) in [7, 11) is 1.51. The molecule has 0 saturated carbocycles. The first-order valence-corrected chi connectivity index (χ1v) is 10.1. The maximum atomic E-state index is 12.4. The van der Waals surface area contributed by atoms with Crippen LogP contribution in [0.1, 0.15) is 23.7 Å². The summed E-state index contributed by atoms with van der Waals surface area (Å²) in [5.74, 6) is -1.97. The van der Waals surface area contributed by atoms with Gasteiger partial charge in [0, 0.05) is 18.7 Å². The van der Waals surface area contributed by atoms with Crippen molar-refractivity contribution >= 4 is 35.1 Å². The number of amides is 2. The van der Waals surface area contributed by atoms with Gasteiger partial charge in [0.2, 0.25) is 5.91 Å². The van der Waals surface area contributed by atoms with Crippen LogP contribution in [0, 0.1) is 5.92 Å². The number of rotatable bonds is 8. The van der Waals surface area contributed by atoms with Gasteiger partial charge in [-0.2, -0.15) is 0 Å². The number of carbonyl (C=O) groups is 4. The summed E-state index contributed by atoms with van der Waals surface area (Å²) in [5, 5.41) is 2.58. The van der Waals surface area contributed by atoms with E-state index in [1.54, 1.807) is 43.3 Å². The number of para-hydroxylation sites is 2. The second-order valence-electron chi connectivity index (χ2n) is 7.03. The van der Waals surface area contributed by atoms with Crippen molar-refractivity contribution in [2.75, 3.05) is 37.1 Å². The molecule has 1 aliphatic heterocycles. The third kappa shape index (κ3) is 5.42. The number of esters is 2. The van der Waals surface area contributed by atoms with Crippen LogP contribution in [-0.2, 0) is 23.9 Å². The van der Waals surface area contributed by atoms with E-state index in [1.807, 2.05) is 0 Å². The van der Waals surface area contributed by atoms with E-state index in [-0.39, 0.29) is 25.5 Å². The lowest BCUT2D eigenvalue weighted by Crippen LogP contribution is -2.28. The molecule has 0 spiro atoms. The summed E-state index contributed by atoms with van der Waals surface area (Å²) < 4.78 is 15.3. The van der Waals surface area contributed by atoms with Crippen LogP contribution < -0.4 is 15.0 Å². The van der Waals surface area contributed by atoms with Crippen molar-refractivity contribution in [3.8, 4) is 5.75 Å². The summed E-state index contributed by atoms with van der Waals surface area (Å²) in [6.07, 6.45) is -0.00613. The topological polar surface area (TPSA) is 111 Å². The average molecular weight is 440 g/mol. The van der Waals surface area contributed by atoms with Crippen molar-refractivity contribution in [1.82, 2.24) is 0 Å². The number of nitrogens with one attached hydrogen (secondary N) is 1. The molecule has 32 heavy (non-hydrogen) atoms. The molecule has 1 saturated heterocycles. The maximum absolute atomic E-state index is 12.4. The molecule has 1 aliphatic rings. The second kappa shape index (κ2) is 10.4. The zero-order valence-corrected chi connectivity index (χ0v) is 17.8. The van der Waals surface area contributed by atoms with Gasteiger partial charge in [-0.05, 0) is 43.3 Å². The van der Waals surface area contributed by atoms with Gasteiger partial charge in [0.05, 0.1) is 30.9 Å². The highest BCUT2D eigenvalue weighted by Crippen LogP contribution is 2.33. The van der Waals surface area contributed by atoms with Gasteiger partial charge in [0.1, 0.15) is 5.75 Å². The van der Waals surface area contributed by atoms with Gasteiger partial charge in [-0.1, -0.05) is 12.1 Å². The fourth-order valence-electron chi connectivity index (χ4n) is 3.31. The highest BCUT2D eigenvalue weighted by molar-refractivity contribution is 6.01. The largest absolute Gasteiger partial charge is 0.495 e. The molecular formula is C23H24N2O7. The zero-order chi connectivity index (χ0) is 23.1. The van der Waals surface area contributed by atoms with Crippen molar-refractivity contribution in [3.05, 3.63) is 54.1 Å². The molecular weight excluding hydrogens is 416 g/mol. The van der Waals surface area contributed by atoms with E-state index in [2.05, 4.69) is 5.32 Å². The van der Waals surface area contributed by atoms with Crippen LogP contribution in [0.3, 0.4) is 0 Å². The number of ether oxygens (including phenoxy) is 3. The Labute approximate surface area is 185 Å². The Balaban J connectivity index is 1.51. The molecule has 2 aromatic rings. The summed E-state index contributed by atoms with van der Waals surface area (Å²) in [4.78, 5) is 50.0. The highest BCUT2D eigenvalue weighted by Gasteiger charge is 2.37. The van der Waals surface area contributed by atoms with Gasteiger partial charge in [-0.3, -0.25) is 14.4 Å². The fraction of sp³-hybridized carbons (Fsp3) is 0.304. The normalized spacial score (nSPS) is 15.2. The Hall–Kier alpha value is -3.88. The molecule has 0 bridgehead atoms. The third-order valence-electron chi connectivity index (χ3n) is 4.86. The minimum Gasteiger partial charge on any atom is -0.495 e. The van der Waals surface area contributed by atoms with Crippen molar-refractivity contribution < 1.29 is 33.4 Å². The maximum Gasteiger partial charge on any atom is 0.338 e. The Kier molecular flexibility index (Phi) is 7.43. The van der Waals surface area contributed by atoms with E-state index in [9.17, 15) is 19.2 Å². The van der Waals surface area contributed by atoms with Crippen LogP contribution in [0.4, 0.5) is 11.4 Å². The third-order valence-corrected chi connectivity index (χ3v) is 4.86. The van der Waals surface area contributed by atoms with Gasteiger partial charge in [-0.25, -0.2) is 4.79 Å². The number of benzene rings is 2. The summed E-state index contributed by atoms with van der Waals surface area (Å²) in [6, 6.07) is 13.2. The molecule has 0 aromatic heterocycles. The molecule has 1 N–H and O–H groups in total. The average Bonchev–Trinajstić information content (AvgIpc) is 3.19. The van der Waals surface area contributed by atoms with Crippen molar-refractivity contribution in [1.29, 1.82) is 0 Å². The Morgan fingerprint density at radius 2 is 1.78 bits per heavy atom. The molecule has 2 amide bonds. The lowest BCUT2D eigenvalue weighted by molar-refractivity contribution is -0.151. The minimum absolute atomic E-state index is 0.00613. The molecule has 168 valence electrons. The van der Waals surface area contributed by atoms with Crippen LogP contribution in [0.15, 0.2) is 48.5 Å². The van der Waals surface area contributed by atoms with Gasteiger partial charge < -0.3 is 24.4 Å². The second-order valence-corrected chi connectivity index (χ2v) is 7.03. The molecule has 0 unspecified atom stereocenters. The lowest BCUT2D eigenvalue weighted by Gasteiger charge is -2.19. The first kappa shape index (κ1) is 22.8. The van der Waals surface area contributed by atoms with Crippen molar-refractivity contribution in [2.24, 2.45) is 5.92 Å². The molecule has 0 aliphatic carbocycles. The standard InChI is InChI=1S/C23H24N2O7/c1-3-31-22(28)15-8-10-17(11-9-15)24-20(26)14-32-23(29)16-12-21(27)25(13-16)18-6-4-5-7-19(18)30-2/h4-11,16H,3,12-14H2,1-2H3,(H,24,26)/t16-/m0/s1. The van der Waals surface area contributed by atoms with Crippen molar-refractivity contribution in [2.45, 2.75) is 13.3 Å². The van der Waals surface area contributed by atoms with Gasteiger partial charge in [0.15, 0.2) is 6.61 Å². The summed E-state index contributed by atoms with van der Waals surface area (Å²) in [5.41, 5.74) is 1.39. The number of nitrogens with zero attached hydrogens (tertiary/aromatic N) is 1. The quantitative estimate of drug-likeness (QED) is 0.628. The first-order valence-electron chi connectivity index (χ1n) is 10.1. The van der Waals surface area contributed by atoms with Crippen LogP contribution in [0.25, 0.3) is 0 Å². The number of hydrogen-bond donors (Lipinski definition) is 1. The van der Waals surface area contributed by atoms with E-state index in [4.69, 9.17) is 14.2 Å². The number of carbonyl (C=O) groups excluding carboxylic acids is 4. The van der Waals surface area contributed by atoms with E-state index < -0.39 is 30.4 Å². The summed E-state index contributed by atoms with van der Waals surface area (Å²) in [6.45, 7) is 1.64. The van der Waals surface area contributed by atoms with Gasteiger partial charge >= 0.3 is 11.9 Å². The number of methoxy groups -OCH3 is 1. The van der Waals surface area contributed by atoms with E-state index in [0.29, 0.717) is 22.7 Å². The van der Waals surface area contributed by atoms with Crippen molar-refractivity contribution in [3.63, 3.8) is 0 Å². The molecule has 1 atom stereocenters. The van der Waals surface area contributed by atoms with Crippen LogP contribution in [0.5, 0.6) is 5.75 Å². The van der Waals surface area contributed by atoms with Crippen LogP contribution in [-0.4, -0.2) is 50.6 Å². The van der Waals surface area contributed by atoms with Crippen LogP contribution in [0.2, 0.25) is 0 Å². The lowest BCUT2D eigenvalue weighted by atomic mass is 10.1. The van der Waals surface area contributed by atoms with Crippen LogP contribution >= 0.6 is 0 Å².